The van der Waals surface area contributed by atoms with Gasteiger partial charge in [0.2, 0.25) is 0 Å². The van der Waals surface area contributed by atoms with Crippen molar-refractivity contribution in [3.8, 4) is 11.5 Å². The lowest BCUT2D eigenvalue weighted by atomic mass is 9.78. The molecule has 23 heavy (non-hydrogen) atoms. The summed E-state index contributed by atoms with van der Waals surface area (Å²) in [6.45, 7) is 7.97. The number of halogens is 1. The maximum Gasteiger partial charge on any atom is 0.498 e. The molecule has 5 heteroatoms. The Bertz CT molecular complexity index is 699. The summed E-state index contributed by atoms with van der Waals surface area (Å²) < 4.78 is 31.7. The molecule has 120 valence electrons. The van der Waals surface area contributed by atoms with Gasteiger partial charge in [-0.25, -0.2) is 4.39 Å². The monoisotopic (exact) mass is 314 g/mol. The third-order valence-corrected chi connectivity index (χ3v) is 4.48. The van der Waals surface area contributed by atoms with Crippen LogP contribution in [0, 0.1) is 5.82 Å². The highest BCUT2D eigenvalue weighted by molar-refractivity contribution is 6.63. The zero-order valence-corrected chi connectivity index (χ0v) is 13.8. The molecule has 0 aliphatic carbocycles. The average molecular weight is 314 g/mol. The van der Waals surface area contributed by atoms with Crippen molar-refractivity contribution in [3.63, 3.8) is 0 Å². The van der Waals surface area contributed by atoms with E-state index in [-0.39, 0.29) is 5.75 Å². The van der Waals surface area contributed by atoms with Crippen LogP contribution in [0.2, 0.25) is 0 Å². The first-order valence-corrected chi connectivity index (χ1v) is 7.67. The van der Waals surface area contributed by atoms with E-state index in [2.05, 4.69) is 0 Å². The van der Waals surface area contributed by atoms with Crippen molar-refractivity contribution in [1.29, 1.82) is 0 Å². The molecule has 0 amide bonds. The summed E-state index contributed by atoms with van der Waals surface area (Å²) in [6, 6.07) is 13.7. The Morgan fingerprint density at radius 1 is 0.826 bits per heavy atom. The van der Waals surface area contributed by atoms with Crippen LogP contribution in [0.5, 0.6) is 11.5 Å². The van der Waals surface area contributed by atoms with Gasteiger partial charge in [0.1, 0.15) is 5.75 Å². The summed E-state index contributed by atoms with van der Waals surface area (Å²) >= 11 is 0. The van der Waals surface area contributed by atoms with Gasteiger partial charge in [-0.2, -0.15) is 0 Å². The van der Waals surface area contributed by atoms with Gasteiger partial charge in [0, 0.05) is 5.46 Å². The number of rotatable bonds is 3. The Hall–Kier alpha value is -1.85. The SMILES string of the molecule is CC1(C)OB(c2ccccc2Oc2ccccc2F)OC1(C)C. The fourth-order valence-electron chi connectivity index (χ4n) is 2.38. The van der Waals surface area contributed by atoms with Crippen LogP contribution in [0.3, 0.4) is 0 Å². The van der Waals surface area contributed by atoms with Crippen molar-refractivity contribution >= 4 is 12.6 Å². The smallest absolute Gasteiger partial charge is 0.455 e. The van der Waals surface area contributed by atoms with Crippen LogP contribution in [0.1, 0.15) is 27.7 Å². The second kappa shape index (κ2) is 5.66. The van der Waals surface area contributed by atoms with Crippen LogP contribution in [0.15, 0.2) is 48.5 Å². The van der Waals surface area contributed by atoms with Crippen molar-refractivity contribution in [3.05, 3.63) is 54.3 Å². The summed E-state index contributed by atoms with van der Waals surface area (Å²) in [5.74, 6) is 0.295. The van der Waals surface area contributed by atoms with E-state index in [1.165, 1.54) is 6.07 Å². The van der Waals surface area contributed by atoms with Crippen molar-refractivity contribution in [2.45, 2.75) is 38.9 Å². The van der Waals surface area contributed by atoms with Crippen LogP contribution in [0.4, 0.5) is 4.39 Å². The fraction of sp³-hybridized carbons (Fsp3) is 0.333. The van der Waals surface area contributed by atoms with Gasteiger partial charge in [0.05, 0.1) is 11.2 Å². The Morgan fingerprint density at radius 2 is 1.35 bits per heavy atom. The van der Waals surface area contributed by atoms with Crippen molar-refractivity contribution in [2.24, 2.45) is 0 Å². The molecular weight excluding hydrogens is 294 g/mol. The van der Waals surface area contributed by atoms with Gasteiger partial charge in [0.25, 0.3) is 0 Å². The molecule has 0 unspecified atom stereocenters. The standard InChI is InChI=1S/C18H20BFO3/c1-17(2)18(3,4)23-19(22-17)13-9-5-7-11-15(13)21-16-12-8-6-10-14(16)20/h5-12H,1-4H3. The second-order valence-corrected chi connectivity index (χ2v) is 6.66. The molecule has 0 atom stereocenters. The lowest BCUT2D eigenvalue weighted by molar-refractivity contribution is 0.00578. The highest BCUT2D eigenvalue weighted by Crippen LogP contribution is 2.37. The van der Waals surface area contributed by atoms with Gasteiger partial charge in [-0.05, 0) is 45.9 Å². The highest BCUT2D eigenvalue weighted by atomic mass is 19.1. The maximum absolute atomic E-state index is 13.8. The minimum Gasteiger partial charge on any atom is -0.455 e. The fourth-order valence-corrected chi connectivity index (χ4v) is 2.38. The molecule has 2 aromatic carbocycles. The Kier molecular flexibility index (Phi) is 3.94. The molecule has 1 aliphatic rings. The molecule has 0 radical (unpaired) electrons. The third kappa shape index (κ3) is 2.99. The van der Waals surface area contributed by atoms with Gasteiger partial charge in [0.15, 0.2) is 11.6 Å². The molecule has 1 aliphatic heterocycles. The molecule has 1 fully saturated rings. The predicted octanol–water partition coefficient (Wildman–Crippen LogP) is 3.92. The molecule has 0 aromatic heterocycles. The van der Waals surface area contributed by atoms with E-state index in [9.17, 15) is 4.39 Å². The molecule has 2 aromatic rings. The first kappa shape index (κ1) is 16.0. The molecule has 0 saturated carbocycles. The van der Waals surface area contributed by atoms with E-state index in [1.807, 2.05) is 45.9 Å². The molecule has 3 nitrogen and oxygen atoms in total. The predicted molar refractivity (Wildman–Crippen MR) is 88.6 cm³/mol. The van der Waals surface area contributed by atoms with E-state index >= 15 is 0 Å². The van der Waals surface area contributed by atoms with E-state index in [0.29, 0.717) is 5.75 Å². The normalized spacial score (nSPS) is 18.9. The summed E-state index contributed by atoms with van der Waals surface area (Å²) in [5.41, 5.74) is -0.139. The van der Waals surface area contributed by atoms with E-state index < -0.39 is 24.1 Å². The molecule has 3 rings (SSSR count). The summed E-state index contributed by atoms with van der Waals surface area (Å²) in [4.78, 5) is 0. The third-order valence-electron chi connectivity index (χ3n) is 4.48. The average Bonchev–Trinajstić information content (AvgIpc) is 2.70. The number of hydrogen-bond donors (Lipinski definition) is 0. The summed E-state index contributed by atoms with van der Waals surface area (Å²) in [5, 5.41) is 0. The van der Waals surface area contributed by atoms with Gasteiger partial charge in [-0.3, -0.25) is 0 Å². The molecular formula is C18H20BFO3. The topological polar surface area (TPSA) is 27.7 Å². The lowest BCUT2D eigenvalue weighted by Gasteiger charge is -2.32. The first-order valence-electron chi connectivity index (χ1n) is 7.67. The number of hydrogen-bond acceptors (Lipinski definition) is 3. The zero-order chi connectivity index (χ0) is 16.7. The van der Waals surface area contributed by atoms with E-state index in [1.54, 1.807) is 24.3 Å². The van der Waals surface area contributed by atoms with Gasteiger partial charge in [-0.15, -0.1) is 0 Å². The molecule has 1 heterocycles. The Balaban J connectivity index is 1.92. The van der Waals surface area contributed by atoms with Gasteiger partial charge < -0.3 is 14.0 Å². The van der Waals surface area contributed by atoms with Gasteiger partial charge >= 0.3 is 7.12 Å². The van der Waals surface area contributed by atoms with Crippen LogP contribution < -0.4 is 10.2 Å². The molecule has 1 saturated heterocycles. The summed E-state index contributed by atoms with van der Waals surface area (Å²) in [6.07, 6.45) is 0. The number of para-hydroxylation sites is 2. The molecule has 0 N–H and O–H groups in total. The Morgan fingerprint density at radius 3 is 1.96 bits per heavy atom. The largest absolute Gasteiger partial charge is 0.498 e. The van der Waals surface area contributed by atoms with Crippen molar-refractivity contribution in [2.75, 3.05) is 0 Å². The second-order valence-electron chi connectivity index (χ2n) is 6.66. The first-order chi connectivity index (χ1) is 10.8. The van der Waals surface area contributed by atoms with Crippen LogP contribution >= 0.6 is 0 Å². The highest BCUT2D eigenvalue weighted by Gasteiger charge is 2.52. The molecule has 0 spiro atoms. The zero-order valence-electron chi connectivity index (χ0n) is 13.8. The molecule has 0 bridgehead atoms. The number of ether oxygens (including phenoxy) is 1. The van der Waals surface area contributed by atoms with E-state index in [0.717, 1.165) is 5.46 Å². The number of benzene rings is 2. The maximum atomic E-state index is 13.8. The van der Waals surface area contributed by atoms with Crippen LogP contribution in [-0.4, -0.2) is 18.3 Å². The van der Waals surface area contributed by atoms with E-state index in [4.69, 9.17) is 14.0 Å². The minimum atomic E-state index is -0.553. The quantitative estimate of drug-likeness (QED) is 0.804. The van der Waals surface area contributed by atoms with Crippen molar-refractivity contribution in [1.82, 2.24) is 0 Å². The van der Waals surface area contributed by atoms with Crippen LogP contribution in [-0.2, 0) is 9.31 Å². The van der Waals surface area contributed by atoms with Crippen LogP contribution in [0.25, 0.3) is 0 Å². The lowest BCUT2D eigenvalue weighted by Crippen LogP contribution is -2.41. The minimum absolute atomic E-state index is 0.177. The van der Waals surface area contributed by atoms with Gasteiger partial charge in [-0.1, -0.05) is 30.3 Å². The summed E-state index contributed by atoms with van der Waals surface area (Å²) in [7, 11) is -0.553. The van der Waals surface area contributed by atoms with Crippen molar-refractivity contribution < 1.29 is 18.4 Å². The Labute approximate surface area is 136 Å².